The molecule has 0 amide bonds. The fourth-order valence-corrected chi connectivity index (χ4v) is 2.27. The number of nitrogens with zero attached hydrogens (tertiary/aromatic N) is 1. The summed E-state index contributed by atoms with van der Waals surface area (Å²) in [5.74, 6) is 0. The number of hydrogen-bond donors (Lipinski definition) is 2. The van der Waals surface area contributed by atoms with E-state index in [-0.39, 0.29) is 0 Å². The van der Waals surface area contributed by atoms with Gasteiger partial charge in [-0.3, -0.25) is 0 Å². The van der Waals surface area contributed by atoms with E-state index in [9.17, 15) is 0 Å². The Morgan fingerprint density at radius 3 is 2.81 bits per heavy atom. The summed E-state index contributed by atoms with van der Waals surface area (Å²) in [6.07, 6.45) is 3.16. The van der Waals surface area contributed by atoms with Crippen molar-refractivity contribution in [1.29, 1.82) is 0 Å². The summed E-state index contributed by atoms with van der Waals surface area (Å²) in [6.45, 7) is 0.703. The smallest absolute Gasteiger partial charge is 0.0481 e. The van der Waals surface area contributed by atoms with Crippen LogP contribution in [0.3, 0.4) is 0 Å². The molecule has 0 saturated heterocycles. The van der Waals surface area contributed by atoms with Crippen molar-refractivity contribution in [2.75, 3.05) is 13.6 Å². The minimum absolute atomic E-state index is 0.344. The van der Waals surface area contributed by atoms with Gasteiger partial charge in [-0.05, 0) is 31.6 Å². The quantitative estimate of drug-likeness (QED) is 0.820. The average Bonchev–Trinajstić information content (AvgIpc) is 2.65. The first-order valence-electron chi connectivity index (χ1n) is 5.69. The second kappa shape index (κ2) is 4.68. The molecule has 1 aromatic carbocycles. The molecule has 0 bridgehead atoms. The number of nitrogens with two attached hydrogens (primary N) is 1. The minimum atomic E-state index is 0.344. The van der Waals surface area contributed by atoms with Crippen LogP contribution in [0.4, 0.5) is 0 Å². The van der Waals surface area contributed by atoms with Gasteiger partial charge in [0, 0.05) is 30.2 Å². The molecule has 16 heavy (non-hydrogen) atoms. The highest BCUT2D eigenvalue weighted by Gasteiger charge is 2.14. The van der Waals surface area contributed by atoms with Crippen molar-refractivity contribution in [2.45, 2.75) is 12.5 Å². The summed E-state index contributed by atoms with van der Waals surface area (Å²) in [7, 11) is 4.07. The topological polar surface area (TPSA) is 43.0 Å². The third kappa shape index (κ3) is 1.84. The Kier molecular flexibility index (Phi) is 3.27. The van der Waals surface area contributed by atoms with Gasteiger partial charge < -0.3 is 15.6 Å². The Hall–Kier alpha value is -1.32. The van der Waals surface area contributed by atoms with Crippen LogP contribution in [0.5, 0.6) is 0 Å². The Labute approximate surface area is 96.2 Å². The Morgan fingerprint density at radius 2 is 2.12 bits per heavy atom. The van der Waals surface area contributed by atoms with Crippen LogP contribution in [-0.4, -0.2) is 18.2 Å². The number of benzene rings is 1. The van der Waals surface area contributed by atoms with Crippen molar-refractivity contribution in [1.82, 2.24) is 9.88 Å². The molecule has 1 unspecified atom stereocenters. The molecule has 0 aliphatic heterocycles. The average molecular weight is 217 g/mol. The Bertz CT molecular complexity index is 473. The first-order chi connectivity index (χ1) is 7.77. The number of fused-ring (bicyclic) bond motifs is 1. The standard InChI is InChI=1S/C13H19N3/c1-15-12(7-8-14)11-9-16(2)13-6-4-3-5-10(11)13/h3-6,9,12,15H,7-8,14H2,1-2H3. The van der Waals surface area contributed by atoms with Gasteiger partial charge in [-0.1, -0.05) is 18.2 Å². The molecule has 1 aromatic heterocycles. The maximum Gasteiger partial charge on any atom is 0.0481 e. The summed E-state index contributed by atoms with van der Waals surface area (Å²) < 4.78 is 2.17. The summed E-state index contributed by atoms with van der Waals surface area (Å²) in [5.41, 5.74) is 8.26. The molecule has 0 fully saturated rings. The highest BCUT2D eigenvalue weighted by Crippen LogP contribution is 2.27. The molecule has 0 radical (unpaired) electrons. The monoisotopic (exact) mass is 217 g/mol. The van der Waals surface area contributed by atoms with Crippen LogP contribution in [0.2, 0.25) is 0 Å². The van der Waals surface area contributed by atoms with Gasteiger partial charge in [0.1, 0.15) is 0 Å². The second-order valence-electron chi connectivity index (χ2n) is 4.13. The zero-order valence-corrected chi connectivity index (χ0v) is 9.90. The van der Waals surface area contributed by atoms with Gasteiger partial charge in [-0.25, -0.2) is 0 Å². The lowest BCUT2D eigenvalue weighted by Gasteiger charge is -2.14. The molecule has 1 atom stereocenters. The second-order valence-corrected chi connectivity index (χ2v) is 4.13. The number of hydrogen-bond acceptors (Lipinski definition) is 2. The minimum Gasteiger partial charge on any atom is -0.350 e. The molecule has 2 rings (SSSR count). The number of aromatic nitrogens is 1. The molecule has 0 spiro atoms. The third-order valence-corrected chi connectivity index (χ3v) is 3.11. The van der Waals surface area contributed by atoms with E-state index in [1.165, 1.54) is 16.5 Å². The van der Waals surface area contributed by atoms with Crippen LogP contribution in [0.1, 0.15) is 18.0 Å². The molecule has 0 saturated carbocycles. The summed E-state index contributed by atoms with van der Waals surface area (Å²) in [5, 5.41) is 4.65. The fraction of sp³-hybridized carbons (Fsp3) is 0.385. The zero-order valence-electron chi connectivity index (χ0n) is 9.90. The largest absolute Gasteiger partial charge is 0.350 e. The van der Waals surface area contributed by atoms with Gasteiger partial charge in [0.2, 0.25) is 0 Å². The van der Waals surface area contributed by atoms with Gasteiger partial charge in [-0.2, -0.15) is 0 Å². The number of nitrogens with one attached hydrogen (secondary N) is 1. The van der Waals surface area contributed by atoms with Crippen molar-refractivity contribution in [3.8, 4) is 0 Å². The predicted molar refractivity (Wildman–Crippen MR) is 68.4 cm³/mol. The molecule has 3 N–H and O–H groups in total. The van der Waals surface area contributed by atoms with Gasteiger partial charge in [0.05, 0.1) is 0 Å². The van der Waals surface area contributed by atoms with Crippen molar-refractivity contribution >= 4 is 10.9 Å². The van der Waals surface area contributed by atoms with E-state index >= 15 is 0 Å². The van der Waals surface area contributed by atoms with E-state index in [2.05, 4.69) is 47.4 Å². The van der Waals surface area contributed by atoms with E-state index in [1.54, 1.807) is 0 Å². The first kappa shape index (κ1) is 11.2. The molecule has 3 nitrogen and oxygen atoms in total. The van der Waals surface area contributed by atoms with Gasteiger partial charge >= 0.3 is 0 Å². The van der Waals surface area contributed by atoms with Crippen molar-refractivity contribution in [3.05, 3.63) is 36.0 Å². The van der Waals surface area contributed by atoms with Crippen LogP contribution >= 0.6 is 0 Å². The van der Waals surface area contributed by atoms with Gasteiger partial charge in [0.15, 0.2) is 0 Å². The maximum atomic E-state index is 5.65. The maximum absolute atomic E-state index is 5.65. The van der Waals surface area contributed by atoms with Crippen LogP contribution in [0.25, 0.3) is 10.9 Å². The van der Waals surface area contributed by atoms with Crippen LogP contribution < -0.4 is 11.1 Å². The van der Waals surface area contributed by atoms with Crippen LogP contribution in [0.15, 0.2) is 30.5 Å². The van der Waals surface area contributed by atoms with Crippen LogP contribution in [-0.2, 0) is 7.05 Å². The predicted octanol–water partition coefficient (Wildman–Crippen LogP) is 1.79. The molecule has 0 aliphatic carbocycles. The lowest BCUT2D eigenvalue weighted by Crippen LogP contribution is -2.19. The molecule has 1 heterocycles. The number of para-hydroxylation sites is 1. The molecule has 86 valence electrons. The zero-order chi connectivity index (χ0) is 11.5. The lowest BCUT2D eigenvalue weighted by molar-refractivity contribution is 0.559. The molecular formula is C13H19N3. The normalized spacial score (nSPS) is 13.2. The first-order valence-corrected chi connectivity index (χ1v) is 5.69. The van der Waals surface area contributed by atoms with Crippen molar-refractivity contribution in [2.24, 2.45) is 12.8 Å². The number of aryl methyl sites for hydroxylation is 1. The van der Waals surface area contributed by atoms with E-state index in [0.717, 1.165) is 6.42 Å². The Balaban J connectivity index is 2.51. The summed E-state index contributed by atoms with van der Waals surface area (Å²) >= 11 is 0. The van der Waals surface area contributed by atoms with E-state index in [1.807, 2.05) is 7.05 Å². The molecule has 3 heteroatoms. The van der Waals surface area contributed by atoms with Crippen molar-refractivity contribution in [3.63, 3.8) is 0 Å². The number of rotatable bonds is 4. The lowest BCUT2D eigenvalue weighted by atomic mass is 10.0. The Morgan fingerprint density at radius 1 is 1.38 bits per heavy atom. The van der Waals surface area contributed by atoms with E-state index in [4.69, 9.17) is 5.73 Å². The molecule has 0 aliphatic rings. The van der Waals surface area contributed by atoms with Gasteiger partial charge in [0.25, 0.3) is 0 Å². The highest BCUT2D eigenvalue weighted by atomic mass is 14.9. The molecule has 2 aromatic rings. The fourth-order valence-electron chi connectivity index (χ4n) is 2.27. The summed E-state index contributed by atoms with van der Waals surface area (Å²) in [4.78, 5) is 0. The highest BCUT2D eigenvalue weighted by molar-refractivity contribution is 5.84. The van der Waals surface area contributed by atoms with E-state index < -0.39 is 0 Å². The molecular weight excluding hydrogens is 198 g/mol. The van der Waals surface area contributed by atoms with E-state index in [0.29, 0.717) is 12.6 Å². The van der Waals surface area contributed by atoms with Gasteiger partial charge in [-0.15, -0.1) is 0 Å². The SMILES string of the molecule is CNC(CCN)c1cn(C)c2ccccc12. The van der Waals surface area contributed by atoms with Crippen molar-refractivity contribution < 1.29 is 0 Å². The van der Waals surface area contributed by atoms with Crippen LogP contribution in [0, 0.1) is 0 Å². The third-order valence-electron chi connectivity index (χ3n) is 3.11. The summed E-state index contributed by atoms with van der Waals surface area (Å²) in [6, 6.07) is 8.82.